The number of nitrogens with one attached hydrogen (secondary N) is 1. The maximum Gasteiger partial charge on any atom is 0.215 e. The molecule has 2 aromatic carbocycles. The summed E-state index contributed by atoms with van der Waals surface area (Å²) in [6, 6.07) is 18.4. The SMILES string of the molecule is Cc1ccccc1C(NC1CCCCC1)C(=O)Sc1ccccc1. The third-order valence-corrected chi connectivity index (χ3v) is 5.65. The molecule has 0 saturated heterocycles. The van der Waals surface area contributed by atoms with E-state index in [4.69, 9.17) is 0 Å². The molecule has 0 aromatic heterocycles. The third kappa shape index (κ3) is 4.49. The van der Waals surface area contributed by atoms with Crippen molar-refractivity contribution in [3.8, 4) is 0 Å². The van der Waals surface area contributed by atoms with Crippen LogP contribution in [0.2, 0.25) is 0 Å². The molecular weight excluding hydrogens is 314 g/mol. The van der Waals surface area contributed by atoms with E-state index in [9.17, 15) is 4.79 Å². The van der Waals surface area contributed by atoms with Crippen molar-refractivity contribution in [3.05, 3.63) is 65.7 Å². The molecule has 3 heteroatoms. The van der Waals surface area contributed by atoms with E-state index in [1.54, 1.807) is 0 Å². The van der Waals surface area contributed by atoms with Crippen molar-refractivity contribution >= 4 is 16.9 Å². The number of benzene rings is 2. The van der Waals surface area contributed by atoms with E-state index < -0.39 is 0 Å². The standard InChI is InChI=1S/C21H25NOS/c1-16-10-8-9-15-19(16)20(22-17-11-4-2-5-12-17)21(23)24-18-13-6-3-7-14-18/h3,6-10,13-15,17,20,22H,2,4-5,11-12H2,1H3. The smallest absolute Gasteiger partial charge is 0.215 e. The van der Waals surface area contributed by atoms with Gasteiger partial charge in [-0.1, -0.05) is 61.7 Å². The lowest BCUT2D eigenvalue weighted by atomic mass is 9.93. The summed E-state index contributed by atoms with van der Waals surface area (Å²) in [4.78, 5) is 14.0. The summed E-state index contributed by atoms with van der Waals surface area (Å²) in [5.74, 6) is 0. The van der Waals surface area contributed by atoms with Gasteiger partial charge in [0.25, 0.3) is 0 Å². The fourth-order valence-electron chi connectivity index (χ4n) is 3.36. The van der Waals surface area contributed by atoms with Crippen LogP contribution in [0.3, 0.4) is 0 Å². The summed E-state index contributed by atoms with van der Waals surface area (Å²) >= 11 is 1.34. The van der Waals surface area contributed by atoms with Crippen LogP contribution in [0.4, 0.5) is 0 Å². The summed E-state index contributed by atoms with van der Waals surface area (Å²) in [7, 11) is 0. The van der Waals surface area contributed by atoms with Gasteiger partial charge in [-0.15, -0.1) is 0 Å². The average Bonchev–Trinajstić information content (AvgIpc) is 2.62. The molecule has 3 rings (SSSR count). The van der Waals surface area contributed by atoms with E-state index in [-0.39, 0.29) is 11.2 Å². The van der Waals surface area contributed by atoms with Gasteiger partial charge in [0.2, 0.25) is 5.12 Å². The quantitative estimate of drug-likeness (QED) is 0.752. The fourth-order valence-corrected chi connectivity index (χ4v) is 4.20. The first kappa shape index (κ1) is 17.2. The van der Waals surface area contributed by atoms with Gasteiger partial charge in [0.1, 0.15) is 6.04 Å². The van der Waals surface area contributed by atoms with Crippen LogP contribution in [0.5, 0.6) is 0 Å². The number of carbonyl (C=O) groups is 1. The molecule has 0 amide bonds. The van der Waals surface area contributed by atoms with Crippen molar-refractivity contribution in [2.45, 2.75) is 56.0 Å². The minimum Gasteiger partial charge on any atom is -0.300 e. The second-order valence-corrected chi connectivity index (χ2v) is 7.60. The summed E-state index contributed by atoms with van der Waals surface area (Å²) in [5, 5.41) is 3.84. The molecule has 1 N–H and O–H groups in total. The minimum atomic E-state index is -0.237. The van der Waals surface area contributed by atoms with Crippen molar-refractivity contribution in [1.82, 2.24) is 5.32 Å². The van der Waals surface area contributed by atoms with Crippen LogP contribution in [0.15, 0.2) is 59.5 Å². The molecule has 1 fully saturated rings. The monoisotopic (exact) mass is 339 g/mol. The van der Waals surface area contributed by atoms with Gasteiger partial charge in [-0.25, -0.2) is 0 Å². The molecule has 0 heterocycles. The second kappa shape index (κ2) is 8.50. The Kier molecular flexibility index (Phi) is 6.11. The van der Waals surface area contributed by atoms with E-state index >= 15 is 0 Å². The number of thioether (sulfide) groups is 1. The summed E-state index contributed by atoms with van der Waals surface area (Å²) in [5.41, 5.74) is 2.28. The van der Waals surface area contributed by atoms with Gasteiger partial charge in [0.15, 0.2) is 0 Å². The molecule has 126 valence electrons. The molecule has 2 nitrogen and oxygen atoms in total. The molecule has 1 saturated carbocycles. The topological polar surface area (TPSA) is 29.1 Å². The van der Waals surface area contributed by atoms with Crippen LogP contribution < -0.4 is 5.32 Å². The fraction of sp³-hybridized carbons (Fsp3) is 0.381. The van der Waals surface area contributed by atoms with Crippen LogP contribution >= 0.6 is 11.8 Å². The van der Waals surface area contributed by atoms with E-state index in [0.717, 1.165) is 10.5 Å². The zero-order valence-corrected chi connectivity index (χ0v) is 15.0. The van der Waals surface area contributed by atoms with Crippen LogP contribution in [0.1, 0.15) is 49.3 Å². The molecule has 1 unspecified atom stereocenters. The highest BCUT2D eigenvalue weighted by Crippen LogP contribution is 2.30. The maximum atomic E-state index is 13.0. The molecule has 0 radical (unpaired) electrons. The van der Waals surface area contributed by atoms with Gasteiger partial charge < -0.3 is 5.32 Å². The lowest BCUT2D eigenvalue weighted by Crippen LogP contribution is -2.37. The molecule has 1 aliphatic carbocycles. The minimum absolute atomic E-state index is 0.182. The van der Waals surface area contributed by atoms with Crippen molar-refractivity contribution in [1.29, 1.82) is 0 Å². The second-order valence-electron chi connectivity index (χ2n) is 6.53. The predicted molar refractivity (Wildman–Crippen MR) is 101 cm³/mol. The van der Waals surface area contributed by atoms with Gasteiger partial charge in [-0.05, 0) is 54.8 Å². The zero-order valence-electron chi connectivity index (χ0n) is 14.2. The molecule has 0 bridgehead atoms. The predicted octanol–water partition coefficient (Wildman–Crippen LogP) is 5.28. The van der Waals surface area contributed by atoms with Crippen molar-refractivity contribution in [3.63, 3.8) is 0 Å². The Labute approximate surface area is 149 Å². The normalized spacial score (nSPS) is 16.7. The lowest BCUT2D eigenvalue weighted by Gasteiger charge is -2.28. The average molecular weight is 340 g/mol. The molecule has 1 atom stereocenters. The highest BCUT2D eigenvalue weighted by atomic mass is 32.2. The highest BCUT2D eigenvalue weighted by molar-refractivity contribution is 8.13. The van der Waals surface area contributed by atoms with Crippen LogP contribution in [-0.2, 0) is 4.79 Å². The number of carbonyl (C=O) groups excluding carboxylic acids is 1. The summed E-state index contributed by atoms with van der Waals surface area (Å²) in [6.07, 6.45) is 6.19. The Balaban J connectivity index is 1.80. The van der Waals surface area contributed by atoms with Gasteiger partial charge in [0, 0.05) is 10.9 Å². The summed E-state index contributed by atoms with van der Waals surface area (Å²) < 4.78 is 0. The maximum absolute atomic E-state index is 13.0. The third-order valence-electron chi connectivity index (χ3n) is 4.70. The Hall–Kier alpha value is -1.58. The van der Waals surface area contributed by atoms with Crippen LogP contribution in [0.25, 0.3) is 0 Å². The number of hydrogen-bond acceptors (Lipinski definition) is 3. The van der Waals surface area contributed by atoms with Gasteiger partial charge in [-0.3, -0.25) is 4.79 Å². The number of hydrogen-bond donors (Lipinski definition) is 1. The molecule has 2 aromatic rings. The Morgan fingerprint density at radius 1 is 1.00 bits per heavy atom. The van der Waals surface area contributed by atoms with Crippen LogP contribution in [-0.4, -0.2) is 11.2 Å². The van der Waals surface area contributed by atoms with E-state index in [0.29, 0.717) is 6.04 Å². The lowest BCUT2D eigenvalue weighted by molar-refractivity contribution is -0.113. The van der Waals surface area contributed by atoms with Crippen molar-refractivity contribution in [2.75, 3.05) is 0 Å². The largest absolute Gasteiger partial charge is 0.300 e. The molecule has 0 aliphatic heterocycles. The molecule has 1 aliphatic rings. The summed E-state index contributed by atoms with van der Waals surface area (Å²) in [6.45, 7) is 2.09. The number of rotatable bonds is 5. The Bertz CT molecular complexity index is 665. The van der Waals surface area contributed by atoms with E-state index in [1.807, 2.05) is 42.5 Å². The van der Waals surface area contributed by atoms with Gasteiger partial charge >= 0.3 is 0 Å². The van der Waals surface area contributed by atoms with E-state index in [1.165, 1.54) is 49.4 Å². The first-order valence-corrected chi connectivity index (χ1v) is 9.64. The highest BCUT2D eigenvalue weighted by Gasteiger charge is 2.26. The van der Waals surface area contributed by atoms with Crippen LogP contribution in [0, 0.1) is 6.92 Å². The van der Waals surface area contributed by atoms with Gasteiger partial charge in [-0.2, -0.15) is 0 Å². The first-order valence-electron chi connectivity index (χ1n) is 8.82. The number of aryl methyl sites for hydroxylation is 1. The Morgan fingerprint density at radius 2 is 1.67 bits per heavy atom. The van der Waals surface area contributed by atoms with Crippen molar-refractivity contribution in [2.24, 2.45) is 0 Å². The van der Waals surface area contributed by atoms with Crippen molar-refractivity contribution < 1.29 is 4.79 Å². The first-order chi connectivity index (χ1) is 11.7. The molecule has 24 heavy (non-hydrogen) atoms. The van der Waals surface area contributed by atoms with E-state index in [2.05, 4.69) is 24.4 Å². The molecular formula is C21H25NOS. The van der Waals surface area contributed by atoms with Gasteiger partial charge in [0.05, 0.1) is 0 Å². The zero-order chi connectivity index (χ0) is 16.8. The Morgan fingerprint density at radius 3 is 2.38 bits per heavy atom. The molecule has 0 spiro atoms.